The first-order valence-corrected chi connectivity index (χ1v) is 4.15. The summed E-state index contributed by atoms with van der Waals surface area (Å²) in [6.45, 7) is 2.08. The number of carbonyl (C=O) groups excluding carboxylic acids is 1. The minimum Gasteiger partial charge on any atom is -0.449 e. The lowest BCUT2D eigenvalue weighted by molar-refractivity contribution is 0.163. The normalized spacial score (nSPS) is 9.50. The average Bonchev–Trinajstić information content (AvgIpc) is 2.36. The molecule has 1 amide bonds. The lowest BCUT2D eigenvalue weighted by Crippen LogP contribution is -2.23. The summed E-state index contributed by atoms with van der Waals surface area (Å²) in [6, 6.07) is 0. The number of nitrogens with one attached hydrogen (secondary N) is 1. The van der Waals surface area contributed by atoms with Crippen molar-refractivity contribution in [2.45, 2.75) is 6.92 Å². The van der Waals surface area contributed by atoms with E-state index < -0.39 is 6.09 Å². The van der Waals surface area contributed by atoms with Gasteiger partial charge in [-0.05, 0) is 22.9 Å². The molecular weight excluding hydrogens is 226 g/mol. The van der Waals surface area contributed by atoms with Crippen LogP contribution in [0.1, 0.15) is 6.92 Å². The minimum atomic E-state index is -0.520. The highest BCUT2D eigenvalue weighted by molar-refractivity contribution is 9.10. The molecule has 0 fully saturated rings. The molecule has 1 N–H and O–H groups in total. The first-order chi connectivity index (χ1) is 5.72. The van der Waals surface area contributed by atoms with Gasteiger partial charge in [-0.2, -0.15) is 9.89 Å². The smallest absolute Gasteiger partial charge is 0.427 e. The molecular formula is C6H8BrN3O2. The molecule has 1 rings (SSSR count). The van der Waals surface area contributed by atoms with Gasteiger partial charge in [0.15, 0.2) is 0 Å². The van der Waals surface area contributed by atoms with E-state index in [4.69, 9.17) is 0 Å². The first kappa shape index (κ1) is 9.05. The Hall–Kier alpha value is -1.04. The zero-order valence-corrected chi connectivity index (χ0v) is 8.04. The van der Waals surface area contributed by atoms with Gasteiger partial charge in [0.05, 0.1) is 23.5 Å². The van der Waals surface area contributed by atoms with Crippen molar-refractivity contribution in [3.05, 3.63) is 16.9 Å². The van der Waals surface area contributed by atoms with Crippen LogP contribution in [-0.2, 0) is 4.74 Å². The van der Waals surface area contributed by atoms with Gasteiger partial charge >= 0.3 is 6.09 Å². The molecule has 12 heavy (non-hydrogen) atoms. The molecule has 0 atom stereocenters. The predicted molar refractivity (Wildman–Crippen MR) is 46.3 cm³/mol. The number of ether oxygens (including phenoxy) is 1. The molecule has 0 bridgehead atoms. The number of aromatic nitrogens is 2. The van der Waals surface area contributed by atoms with E-state index in [-0.39, 0.29) is 0 Å². The van der Waals surface area contributed by atoms with Gasteiger partial charge in [0.25, 0.3) is 0 Å². The zero-order valence-electron chi connectivity index (χ0n) is 6.45. The van der Waals surface area contributed by atoms with Crippen LogP contribution in [-0.4, -0.2) is 22.6 Å². The number of halogens is 1. The largest absolute Gasteiger partial charge is 0.449 e. The van der Waals surface area contributed by atoms with Crippen molar-refractivity contribution in [3.8, 4) is 0 Å². The van der Waals surface area contributed by atoms with Crippen LogP contribution in [0.15, 0.2) is 16.9 Å². The molecule has 0 saturated heterocycles. The standard InChI is InChI=1S/C6H8BrN3O2/c1-2-12-6(11)9-10-4-5(7)3-8-10/h3-4H,2H2,1H3,(H,9,11). The molecule has 0 aliphatic rings. The lowest BCUT2D eigenvalue weighted by Gasteiger charge is -2.02. The third-order valence-electron chi connectivity index (χ3n) is 1.03. The monoisotopic (exact) mass is 233 g/mol. The molecule has 1 heterocycles. The first-order valence-electron chi connectivity index (χ1n) is 3.36. The number of carbonyl (C=O) groups is 1. The highest BCUT2D eigenvalue weighted by atomic mass is 79.9. The molecule has 5 nitrogen and oxygen atoms in total. The molecule has 0 aliphatic carbocycles. The van der Waals surface area contributed by atoms with Crippen molar-refractivity contribution < 1.29 is 9.53 Å². The van der Waals surface area contributed by atoms with Crippen molar-refractivity contribution >= 4 is 22.0 Å². The van der Waals surface area contributed by atoms with Gasteiger partial charge in [-0.1, -0.05) is 0 Å². The molecule has 0 spiro atoms. The van der Waals surface area contributed by atoms with E-state index in [9.17, 15) is 4.79 Å². The van der Waals surface area contributed by atoms with Crippen molar-refractivity contribution in [2.24, 2.45) is 0 Å². The van der Waals surface area contributed by atoms with Crippen LogP contribution in [0.3, 0.4) is 0 Å². The van der Waals surface area contributed by atoms with E-state index in [2.05, 4.69) is 31.2 Å². The van der Waals surface area contributed by atoms with Gasteiger partial charge in [0.2, 0.25) is 0 Å². The number of rotatable bonds is 2. The quantitative estimate of drug-likeness (QED) is 0.840. The Morgan fingerprint density at radius 1 is 1.92 bits per heavy atom. The molecule has 0 saturated carbocycles. The number of hydrogen-bond donors (Lipinski definition) is 1. The van der Waals surface area contributed by atoms with Gasteiger partial charge < -0.3 is 4.74 Å². The van der Waals surface area contributed by atoms with Crippen molar-refractivity contribution in [2.75, 3.05) is 12.0 Å². The van der Waals surface area contributed by atoms with E-state index in [0.29, 0.717) is 6.61 Å². The van der Waals surface area contributed by atoms with Gasteiger partial charge in [-0.3, -0.25) is 0 Å². The van der Waals surface area contributed by atoms with Crippen LogP contribution in [0.4, 0.5) is 4.79 Å². The maximum atomic E-state index is 10.8. The third kappa shape index (κ3) is 2.54. The van der Waals surface area contributed by atoms with Gasteiger partial charge in [-0.25, -0.2) is 10.2 Å². The van der Waals surface area contributed by atoms with Crippen LogP contribution in [0.25, 0.3) is 0 Å². The number of amides is 1. The van der Waals surface area contributed by atoms with Crippen LogP contribution >= 0.6 is 15.9 Å². The fourth-order valence-corrected chi connectivity index (χ4v) is 0.904. The third-order valence-corrected chi connectivity index (χ3v) is 1.44. The van der Waals surface area contributed by atoms with Gasteiger partial charge in [-0.15, -0.1) is 0 Å². The van der Waals surface area contributed by atoms with E-state index >= 15 is 0 Å². The lowest BCUT2D eigenvalue weighted by atomic mass is 10.8. The average molecular weight is 234 g/mol. The minimum absolute atomic E-state index is 0.342. The van der Waals surface area contributed by atoms with E-state index in [1.54, 1.807) is 19.3 Å². The maximum absolute atomic E-state index is 10.8. The van der Waals surface area contributed by atoms with Crippen molar-refractivity contribution in [3.63, 3.8) is 0 Å². The molecule has 0 aromatic carbocycles. The Morgan fingerprint density at radius 2 is 2.67 bits per heavy atom. The molecule has 0 unspecified atom stereocenters. The second kappa shape index (κ2) is 4.10. The summed E-state index contributed by atoms with van der Waals surface area (Å²) < 4.78 is 5.42. The molecule has 66 valence electrons. The fourth-order valence-electron chi connectivity index (χ4n) is 0.619. The number of hydrogen-bond acceptors (Lipinski definition) is 3. The summed E-state index contributed by atoms with van der Waals surface area (Å²) in [5.74, 6) is 0. The van der Waals surface area contributed by atoms with E-state index in [1.807, 2.05) is 0 Å². The summed E-state index contributed by atoms with van der Waals surface area (Å²) >= 11 is 3.19. The highest BCUT2D eigenvalue weighted by Gasteiger charge is 2.00. The summed E-state index contributed by atoms with van der Waals surface area (Å²) in [6.07, 6.45) is 2.65. The molecule has 0 aliphatic heterocycles. The number of nitrogens with zero attached hydrogens (tertiary/aromatic N) is 2. The van der Waals surface area contributed by atoms with Crippen molar-refractivity contribution in [1.82, 2.24) is 9.89 Å². The summed E-state index contributed by atoms with van der Waals surface area (Å²) in [5, 5.41) is 3.80. The van der Waals surface area contributed by atoms with E-state index in [1.165, 1.54) is 4.79 Å². The zero-order chi connectivity index (χ0) is 8.97. The van der Waals surface area contributed by atoms with Crippen LogP contribution in [0.5, 0.6) is 0 Å². The van der Waals surface area contributed by atoms with Crippen LogP contribution in [0.2, 0.25) is 0 Å². The molecule has 0 radical (unpaired) electrons. The highest BCUT2D eigenvalue weighted by Crippen LogP contribution is 2.04. The Labute approximate surface area is 77.8 Å². The second-order valence-electron chi connectivity index (χ2n) is 1.94. The van der Waals surface area contributed by atoms with E-state index in [0.717, 1.165) is 4.47 Å². The summed E-state index contributed by atoms with van der Waals surface area (Å²) in [4.78, 5) is 12.1. The topological polar surface area (TPSA) is 56.1 Å². The molecule has 6 heteroatoms. The Balaban J connectivity index is 2.46. The Morgan fingerprint density at radius 3 is 3.17 bits per heavy atom. The SMILES string of the molecule is CCOC(=O)Nn1cc(Br)cn1. The van der Waals surface area contributed by atoms with Gasteiger partial charge in [0, 0.05) is 0 Å². The Bertz CT molecular complexity index is 274. The summed E-state index contributed by atoms with van der Waals surface area (Å²) in [7, 11) is 0. The fraction of sp³-hybridized carbons (Fsp3) is 0.333. The van der Waals surface area contributed by atoms with Crippen LogP contribution in [0, 0.1) is 0 Å². The maximum Gasteiger partial charge on any atom is 0.427 e. The Kier molecular flexibility index (Phi) is 3.09. The molecule has 1 aromatic heterocycles. The van der Waals surface area contributed by atoms with Gasteiger partial charge in [0.1, 0.15) is 0 Å². The summed E-state index contributed by atoms with van der Waals surface area (Å²) in [5.41, 5.74) is 2.38. The second-order valence-corrected chi connectivity index (χ2v) is 2.85. The van der Waals surface area contributed by atoms with Crippen LogP contribution < -0.4 is 5.43 Å². The van der Waals surface area contributed by atoms with Crippen molar-refractivity contribution in [1.29, 1.82) is 0 Å². The molecule has 1 aromatic rings. The predicted octanol–water partition coefficient (Wildman–Crippen LogP) is 1.35.